The zero-order chi connectivity index (χ0) is 8.32. The van der Waals surface area contributed by atoms with Crippen LogP contribution < -0.4 is 56.7 Å². The minimum Gasteiger partial charge on any atom is -0.448 e. The maximum atomic E-state index is 11.7. The Morgan fingerprint density at radius 1 is 1.17 bits per heavy atom. The topological polar surface area (TPSA) is 12.0 Å². The summed E-state index contributed by atoms with van der Waals surface area (Å²) in [4.78, 5) is 0. The SMILES string of the molecule is F[B-](F)(F)CNC1CCCC1.[K+]. The maximum absolute atomic E-state index is 11.7. The summed E-state index contributed by atoms with van der Waals surface area (Å²) < 4.78 is 35.1. The molecule has 0 aliphatic heterocycles. The van der Waals surface area contributed by atoms with Crippen LogP contribution in [0.25, 0.3) is 0 Å². The smallest absolute Gasteiger partial charge is 0.448 e. The van der Waals surface area contributed by atoms with E-state index in [-0.39, 0.29) is 57.4 Å². The summed E-state index contributed by atoms with van der Waals surface area (Å²) in [6.07, 6.45) is 3.19. The third-order valence-electron chi connectivity index (χ3n) is 1.99. The van der Waals surface area contributed by atoms with Crippen LogP contribution in [0, 0.1) is 0 Å². The van der Waals surface area contributed by atoms with Gasteiger partial charge in [-0.1, -0.05) is 12.8 Å². The Hall–Kier alpha value is 1.45. The van der Waals surface area contributed by atoms with Crippen molar-refractivity contribution in [3.05, 3.63) is 0 Å². The van der Waals surface area contributed by atoms with Gasteiger partial charge in [-0.15, -0.1) is 0 Å². The summed E-state index contributed by atoms with van der Waals surface area (Å²) in [5, 5.41) is 2.52. The first kappa shape index (κ1) is 13.5. The number of halogens is 3. The van der Waals surface area contributed by atoms with Crippen molar-refractivity contribution in [1.82, 2.24) is 5.32 Å². The van der Waals surface area contributed by atoms with Crippen molar-refractivity contribution in [1.29, 1.82) is 0 Å². The first-order valence-corrected chi connectivity index (χ1v) is 4.02. The van der Waals surface area contributed by atoms with Crippen LogP contribution in [0.4, 0.5) is 12.9 Å². The molecule has 0 heterocycles. The van der Waals surface area contributed by atoms with Gasteiger partial charge in [0.1, 0.15) is 0 Å². The Balaban J connectivity index is 0.00000121. The van der Waals surface area contributed by atoms with Gasteiger partial charge in [-0.2, -0.15) is 0 Å². The van der Waals surface area contributed by atoms with Crippen molar-refractivity contribution in [2.24, 2.45) is 0 Å². The van der Waals surface area contributed by atoms with E-state index in [2.05, 4.69) is 5.32 Å². The van der Waals surface area contributed by atoms with Crippen molar-refractivity contribution in [3.63, 3.8) is 0 Å². The van der Waals surface area contributed by atoms with Gasteiger partial charge in [-0.05, 0) is 19.3 Å². The molecule has 0 unspecified atom stereocenters. The van der Waals surface area contributed by atoms with E-state index in [1.807, 2.05) is 0 Å². The van der Waals surface area contributed by atoms with Gasteiger partial charge >= 0.3 is 58.4 Å². The molecule has 1 saturated carbocycles. The molecule has 0 saturated heterocycles. The molecule has 0 radical (unpaired) electrons. The normalized spacial score (nSPS) is 19.2. The van der Waals surface area contributed by atoms with E-state index in [4.69, 9.17) is 0 Å². The predicted octanol–water partition coefficient (Wildman–Crippen LogP) is -1.09. The zero-order valence-electron chi connectivity index (χ0n) is 7.32. The second-order valence-electron chi connectivity index (χ2n) is 3.10. The van der Waals surface area contributed by atoms with Gasteiger partial charge in [-0.25, -0.2) is 0 Å². The second kappa shape index (κ2) is 6.03. The average molecular weight is 205 g/mol. The monoisotopic (exact) mass is 205 g/mol. The third-order valence-corrected chi connectivity index (χ3v) is 1.99. The minimum atomic E-state index is -4.63. The Labute approximate surface area is 113 Å². The molecule has 0 atom stereocenters. The van der Waals surface area contributed by atoms with Crippen molar-refractivity contribution in [3.8, 4) is 0 Å². The van der Waals surface area contributed by atoms with Gasteiger partial charge in [0, 0.05) is 6.04 Å². The summed E-state index contributed by atoms with van der Waals surface area (Å²) in [7, 11) is 0. The predicted molar refractivity (Wildman–Crippen MR) is 39.3 cm³/mol. The quantitative estimate of drug-likeness (QED) is 0.577. The zero-order valence-corrected chi connectivity index (χ0v) is 10.4. The fraction of sp³-hybridized carbons (Fsp3) is 1.00. The Morgan fingerprint density at radius 3 is 2.08 bits per heavy atom. The average Bonchev–Trinajstić information content (AvgIpc) is 2.32. The number of hydrogen-bond donors (Lipinski definition) is 1. The van der Waals surface area contributed by atoms with E-state index < -0.39 is 13.4 Å². The second-order valence-corrected chi connectivity index (χ2v) is 3.10. The first-order valence-electron chi connectivity index (χ1n) is 4.02. The summed E-state index contributed by atoms with van der Waals surface area (Å²) in [5.41, 5.74) is 0. The minimum absolute atomic E-state index is 0. The van der Waals surface area contributed by atoms with Crippen LogP contribution in [-0.4, -0.2) is 19.5 Å². The number of rotatable bonds is 3. The van der Waals surface area contributed by atoms with Crippen LogP contribution in [0.5, 0.6) is 0 Å². The van der Waals surface area contributed by atoms with Crippen LogP contribution in [0.2, 0.25) is 0 Å². The van der Waals surface area contributed by atoms with Gasteiger partial charge in [0.2, 0.25) is 0 Å². The van der Waals surface area contributed by atoms with Crippen LogP contribution in [0.1, 0.15) is 25.7 Å². The molecule has 0 spiro atoms. The molecule has 12 heavy (non-hydrogen) atoms. The van der Waals surface area contributed by atoms with Crippen molar-refractivity contribution in [2.75, 3.05) is 6.44 Å². The molecule has 1 nitrogen and oxygen atoms in total. The molecule has 1 aliphatic rings. The maximum Gasteiger partial charge on any atom is 1.00 e. The Morgan fingerprint density at radius 2 is 1.67 bits per heavy atom. The fourth-order valence-corrected chi connectivity index (χ4v) is 1.43. The number of hydrogen-bond acceptors (Lipinski definition) is 1. The van der Waals surface area contributed by atoms with Crippen molar-refractivity contribution in [2.45, 2.75) is 31.7 Å². The van der Waals surface area contributed by atoms with E-state index in [9.17, 15) is 12.9 Å². The summed E-state index contributed by atoms with van der Waals surface area (Å²) in [6.45, 7) is -4.63. The van der Waals surface area contributed by atoms with Crippen LogP contribution >= 0.6 is 0 Å². The molecule has 0 bridgehead atoms. The molecular formula is C6H12BF3KN. The summed E-state index contributed by atoms with van der Waals surface area (Å²) >= 11 is 0. The van der Waals surface area contributed by atoms with Crippen LogP contribution in [0.3, 0.4) is 0 Å². The summed E-state index contributed by atoms with van der Waals surface area (Å²) in [6, 6.07) is 0.124. The molecule has 1 aliphatic carbocycles. The summed E-state index contributed by atoms with van der Waals surface area (Å²) in [5.74, 6) is 0. The van der Waals surface area contributed by atoms with E-state index in [1.165, 1.54) is 0 Å². The van der Waals surface area contributed by atoms with E-state index in [1.54, 1.807) is 0 Å². The third kappa shape index (κ3) is 5.99. The first-order chi connectivity index (χ1) is 5.08. The van der Waals surface area contributed by atoms with E-state index >= 15 is 0 Å². The van der Waals surface area contributed by atoms with Gasteiger partial charge in [0.25, 0.3) is 0 Å². The molecular weight excluding hydrogens is 193 g/mol. The molecule has 1 rings (SSSR count). The Bertz CT molecular complexity index is 124. The van der Waals surface area contributed by atoms with Crippen LogP contribution in [-0.2, 0) is 0 Å². The van der Waals surface area contributed by atoms with E-state index in [0.29, 0.717) is 0 Å². The van der Waals surface area contributed by atoms with Crippen LogP contribution in [0.15, 0.2) is 0 Å². The van der Waals surface area contributed by atoms with E-state index in [0.717, 1.165) is 25.7 Å². The Kier molecular flexibility index (Phi) is 6.76. The largest absolute Gasteiger partial charge is 1.00 e. The molecule has 1 fully saturated rings. The van der Waals surface area contributed by atoms with Gasteiger partial charge in [0.15, 0.2) is 0 Å². The van der Waals surface area contributed by atoms with Crippen molar-refractivity contribution < 1.29 is 64.3 Å². The molecule has 0 aromatic rings. The molecule has 0 amide bonds. The molecule has 0 aromatic carbocycles. The van der Waals surface area contributed by atoms with Gasteiger partial charge < -0.3 is 18.3 Å². The molecule has 0 aromatic heterocycles. The van der Waals surface area contributed by atoms with Gasteiger partial charge in [0.05, 0.1) is 0 Å². The standard InChI is InChI=1S/C6H12BF3N.K/c8-7(9,10)5-11-6-3-1-2-4-6;/h6,11H,1-5H2;/q-1;+1. The molecule has 1 N–H and O–H groups in total. The fourth-order valence-electron chi connectivity index (χ4n) is 1.43. The molecule has 66 valence electrons. The van der Waals surface area contributed by atoms with Crippen molar-refractivity contribution >= 4 is 6.98 Å². The molecule has 6 heteroatoms. The number of nitrogens with one attached hydrogen (secondary N) is 1. The van der Waals surface area contributed by atoms with Gasteiger partial charge in [-0.3, -0.25) is 0 Å².